The second-order valence-electron chi connectivity index (χ2n) is 5.78. The predicted octanol–water partition coefficient (Wildman–Crippen LogP) is -0.157. The lowest BCUT2D eigenvalue weighted by Crippen LogP contribution is -2.47. The zero-order chi connectivity index (χ0) is 20.5. The van der Waals surface area contributed by atoms with Crippen molar-refractivity contribution < 1.29 is 33.5 Å². The lowest BCUT2D eigenvalue weighted by molar-refractivity contribution is -0.195. The maximum absolute atomic E-state index is 11.9. The molecule has 148 valence electrons. The Kier molecular flexibility index (Phi) is 7.26. The van der Waals surface area contributed by atoms with Gasteiger partial charge < -0.3 is 20.2 Å². The Morgan fingerprint density at radius 3 is 2.57 bits per heavy atom. The van der Waals surface area contributed by atoms with E-state index in [1.807, 2.05) is 6.07 Å². The fourth-order valence-corrected chi connectivity index (χ4v) is 2.07. The summed E-state index contributed by atoms with van der Waals surface area (Å²) in [6.45, 7) is 0.512. The Hall–Kier alpha value is -3.69. The number of carbonyl (C=O) groups excluding carboxylic acids is 5. The molecule has 0 aliphatic carbocycles. The van der Waals surface area contributed by atoms with Gasteiger partial charge in [-0.05, 0) is 18.6 Å². The van der Waals surface area contributed by atoms with Crippen molar-refractivity contribution in [3.63, 3.8) is 0 Å². The molecule has 1 aliphatic rings. The minimum atomic E-state index is -0.975. The van der Waals surface area contributed by atoms with Crippen molar-refractivity contribution in [2.45, 2.75) is 19.6 Å². The minimum absolute atomic E-state index is 0.0460. The number of ether oxygens (including phenoxy) is 1. The molecule has 10 heteroatoms. The number of alkyl carbamates (subject to hydrolysis) is 1. The number of ketones is 1. The molecule has 2 N–H and O–H groups in total. The molecular formula is C18H19N3O7. The van der Waals surface area contributed by atoms with Gasteiger partial charge in [0.2, 0.25) is 5.91 Å². The number of hydroxylamine groups is 2. The van der Waals surface area contributed by atoms with Crippen LogP contribution < -0.4 is 10.6 Å². The molecule has 0 fully saturated rings. The van der Waals surface area contributed by atoms with Crippen LogP contribution in [0.3, 0.4) is 0 Å². The molecule has 0 spiro atoms. The van der Waals surface area contributed by atoms with Crippen molar-refractivity contribution in [3.8, 4) is 0 Å². The molecule has 0 saturated heterocycles. The van der Waals surface area contributed by atoms with E-state index in [1.165, 1.54) is 6.92 Å². The summed E-state index contributed by atoms with van der Waals surface area (Å²) in [4.78, 5) is 62.7. The van der Waals surface area contributed by atoms with Gasteiger partial charge in [-0.2, -0.15) is 5.06 Å². The van der Waals surface area contributed by atoms with Crippen molar-refractivity contribution in [3.05, 3.63) is 48.0 Å². The summed E-state index contributed by atoms with van der Waals surface area (Å²) in [6, 6.07) is 8.02. The second-order valence-corrected chi connectivity index (χ2v) is 5.78. The van der Waals surface area contributed by atoms with Crippen LogP contribution in [0.5, 0.6) is 0 Å². The summed E-state index contributed by atoms with van der Waals surface area (Å²) in [5, 5.41) is 5.17. The normalized spacial score (nSPS) is 14.2. The van der Waals surface area contributed by atoms with Gasteiger partial charge in [-0.1, -0.05) is 30.3 Å². The number of hydrogen-bond acceptors (Lipinski definition) is 7. The van der Waals surface area contributed by atoms with Crippen LogP contribution in [0.15, 0.2) is 42.5 Å². The maximum Gasteiger partial charge on any atom is 0.408 e. The summed E-state index contributed by atoms with van der Waals surface area (Å²) >= 11 is 0. The van der Waals surface area contributed by atoms with Crippen molar-refractivity contribution >= 4 is 29.7 Å². The fraction of sp³-hybridized carbons (Fsp3) is 0.278. The highest BCUT2D eigenvalue weighted by Crippen LogP contribution is 2.02. The van der Waals surface area contributed by atoms with Gasteiger partial charge >= 0.3 is 12.1 Å². The summed E-state index contributed by atoms with van der Waals surface area (Å²) in [5.74, 6) is -2.66. The number of nitrogens with zero attached hydrogens (tertiary/aromatic N) is 1. The fourth-order valence-electron chi connectivity index (χ4n) is 2.07. The average Bonchev–Trinajstić information content (AvgIpc) is 2.68. The van der Waals surface area contributed by atoms with E-state index < -0.39 is 42.2 Å². The van der Waals surface area contributed by atoms with Crippen LogP contribution in [0.1, 0.15) is 12.5 Å². The number of rotatable bonds is 7. The molecule has 0 radical (unpaired) electrons. The molecule has 1 atom stereocenters. The molecule has 1 heterocycles. The number of hydrogen-bond donors (Lipinski definition) is 2. The lowest BCUT2D eigenvalue weighted by atomic mass is 10.2. The Balaban J connectivity index is 1.69. The first-order chi connectivity index (χ1) is 13.3. The summed E-state index contributed by atoms with van der Waals surface area (Å²) in [5.41, 5.74) is 0.790. The highest BCUT2D eigenvalue weighted by Gasteiger charge is 2.24. The molecule has 1 aromatic rings. The molecular weight excluding hydrogens is 370 g/mol. The molecule has 0 saturated carbocycles. The van der Waals surface area contributed by atoms with Crippen LogP contribution in [0.4, 0.5) is 4.79 Å². The first kappa shape index (κ1) is 20.6. The predicted molar refractivity (Wildman–Crippen MR) is 94.2 cm³/mol. The van der Waals surface area contributed by atoms with Gasteiger partial charge in [0.05, 0.1) is 0 Å². The smallest absolute Gasteiger partial charge is 0.408 e. The third kappa shape index (κ3) is 6.56. The monoisotopic (exact) mass is 389 g/mol. The highest BCUT2D eigenvalue weighted by molar-refractivity contribution is 6.04. The van der Waals surface area contributed by atoms with Crippen molar-refractivity contribution in [1.82, 2.24) is 15.7 Å². The number of carbonyl (C=O) groups is 5. The van der Waals surface area contributed by atoms with Crippen LogP contribution in [-0.4, -0.2) is 53.9 Å². The Labute approximate surface area is 160 Å². The first-order valence-electron chi connectivity index (χ1n) is 8.33. The van der Waals surface area contributed by atoms with E-state index in [9.17, 15) is 24.0 Å². The summed E-state index contributed by atoms with van der Waals surface area (Å²) in [7, 11) is 0. The quantitative estimate of drug-likeness (QED) is 0.663. The number of amides is 3. The first-order valence-corrected chi connectivity index (χ1v) is 8.33. The summed E-state index contributed by atoms with van der Waals surface area (Å²) in [6.07, 6.45) is 1.27. The van der Waals surface area contributed by atoms with Gasteiger partial charge in [0.1, 0.15) is 25.7 Å². The van der Waals surface area contributed by atoms with Crippen molar-refractivity contribution in [1.29, 1.82) is 0 Å². The molecule has 1 aliphatic heterocycles. The zero-order valence-corrected chi connectivity index (χ0v) is 15.0. The van der Waals surface area contributed by atoms with Gasteiger partial charge in [-0.15, -0.1) is 0 Å². The topological polar surface area (TPSA) is 131 Å². The van der Waals surface area contributed by atoms with Gasteiger partial charge in [-0.25, -0.2) is 9.59 Å². The van der Waals surface area contributed by atoms with Gasteiger partial charge in [0, 0.05) is 6.08 Å². The Bertz CT molecular complexity index is 792. The average molecular weight is 389 g/mol. The summed E-state index contributed by atoms with van der Waals surface area (Å²) < 4.78 is 4.99. The minimum Gasteiger partial charge on any atom is -0.445 e. The van der Waals surface area contributed by atoms with Crippen LogP contribution in [0.2, 0.25) is 0 Å². The van der Waals surface area contributed by atoms with Crippen LogP contribution in [0, 0.1) is 0 Å². The van der Waals surface area contributed by atoms with Crippen molar-refractivity contribution in [2.24, 2.45) is 0 Å². The second kappa shape index (κ2) is 9.86. The Morgan fingerprint density at radius 1 is 1.14 bits per heavy atom. The third-order valence-electron chi connectivity index (χ3n) is 3.52. The lowest BCUT2D eigenvalue weighted by Gasteiger charge is -2.21. The van der Waals surface area contributed by atoms with E-state index >= 15 is 0 Å². The highest BCUT2D eigenvalue weighted by atomic mass is 16.7. The van der Waals surface area contributed by atoms with Crippen molar-refractivity contribution in [2.75, 3.05) is 13.1 Å². The van der Waals surface area contributed by atoms with Crippen LogP contribution in [-0.2, 0) is 35.4 Å². The van der Waals surface area contributed by atoms with Gasteiger partial charge in [0.25, 0.3) is 5.91 Å². The third-order valence-corrected chi connectivity index (χ3v) is 3.52. The largest absolute Gasteiger partial charge is 0.445 e. The number of nitrogens with one attached hydrogen (secondary N) is 2. The van der Waals surface area contributed by atoms with Gasteiger partial charge in [0.15, 0.2) is 5.78 Å². The molecule has 28 heavy (non-hydrogen) atoms. The van der Waals surface area contributed by atoms with E-state index in [1.54, 1.807) is 24.3 Å². The maximum atomic E-state index is 11.9. The molecule has 3 amide bonds. The Morgan fingerprint density at radius 2 is 1.86 bits per heavy atom. The standard InChI is InChI=1S/C18H19N3O7/c1-12(20-18(26)27-11-13-5-3-2-4-6-13)17(25)19-9-16(24)28-21-10-14(22)7-8-15(21)23/h2-8,12H,9-11H2,1H3,(H,19,25)(H,20,26)/t12-/m0/s1. The van der Waals surface area contributed by atoms with E-state index in [0.717, 1.165) is 17.7 Å². The SMILES string of the molecule is C[C@H](NC(=O)OCc1ccccc1)C(=O)NCC(=O)ON1CC(=O)C=CC1=O. The molecule has 0 unspecified atom stereocenters. The van der Waals surface area contributed by atoms with E-state index in [4.69, 9.17) is 9.57 Å². The molecule has 1 aromatic carbocycles. The molecule has 0 aromatic heterocycles. The molecule has 2 rings (SSSR count). The van der Waals surface area contributed by atoms with Gasteiger partial charge in [-0.3, -0.25) is 14.4 Å². The van der Waals surface area contributed by atoms with E-state index in [2.05, 4.69) is 10.6 Å². The van der Waals surface area contributed by atoms with Crippen LogP contribution in [0.25, 0.3) is 0 Å². The number of benzene rings is 1. The molecule has 10 nitrogen and oxygen atoms in total. The van der Waals surface area contributed by atoms with Crippen LogP contribution >= 0.6 is 0 Å². The van der Waals surface area contributed by atoms with E-state index in [0.29, 0.717) is 5.06 Å². The van der Waals surface area contributed by atoms with E-state index in [-0.39, 0.29) is 13.2 Å². The molecule has 0 bridgehead atoms. The zero-order valence-electron chi connectivity index (χ0n) is 15.0.